The Hall–Kier alpha value is -1.45. The molecule has 0 radical (unpaired) electrons. The summed E-state index contributed by atoms with van der Waals surface area (Å²) in [6, 6.07) is 0. The van der Waals surface area contributed by atoms with Crippen LogP contribution in [0.1, 0.15) is 6.92 Å². The summed E-state index contributed by atoms with van der Waals surface area (Å²) < 4.78 is 0. The molecule has 0 fully saturated rings. The second-order valence-electron chi connectivity index (χ2n) is 2.51. The lowest BCUT2D eigenvalue weighted by atomic mass is 10.1. The van der Waals surface area contributed by atoms with Gasteiger partial charge in [0.1, 0.15) is 6.34 Å². The van der Waals surface area contributed by atoms with Gasteiger partial charge in [-0.05, 0) is 13.0 Å². The van der Waals surface area contributed by atoms with Gasteiger partial charge < -0.3 is 5.73 Å². The summed E-state index contributed by atoms with van der Waals surface area (Å²) in [4.78, 5) is 12.3. The molecule has 0 saturated carbocycles. The van der Waals surface area contributed by atoms with Crippen molar-refractivity contribution in [3.63, 3.8) is 0 Å². The Labute approximate surface area is 64.3 Å². The molecule has 0 saturated heterocycles. The molecule has 56 valence electrons. The van der Waals surface area contributed by atoms with Crippen LogP contribution in [0.25, 0.3) is 0 Å². The van der Waals surface area contributed by atoms with E-state index in [4.69, 9.17) is 5.73 Å². The Balaban J connectivity index is 2.43. The Morgan fingerprint density at radius 3 is 3.18 bits per heavy atom. The van der Waals surface area contributed by atoms with Crippen LogP contribution >= 0.6 is 0 Å². The molecule has 2 N–H and O–H groups in total. The first-order chi connectivity index (χ1) is 5.27. The van der Waals surface area contributed by atoms with Crippen LogP contribution in [0.4, 0.5) is 0 Å². The minimum absolute atomic E-state index is 0.123. The highest BCUT2D eigenvalue weighted by molar-refractivity contribution is 6.15. The summed E-state index contributed by atoms with van der Waals surface area (Å²) in [6.07, 6.45) is 3.22. The Bertz CT molecular complexity index is 308. The van der Waals surface area contributed by atoms with Crippen LogP contribution in [0.15, 0.2) is 26.8 Å². The van der Waals surface area contributed by atoms with E-state index >= 15 is 0 Å². The van der Waals surface area contributed by atoms with Crippen LogP contribution in [0.3, 0.4) is 0 Å². The number of allylic oxidation sites excluding steroid dienone is 1. The van der Waals surface area contributed by atoms with E-state index in [9.17, 15) is 0 Å². The Morgan fingerprint density at radius 1 is 1.55 bits per heavy atom. The lowest BCUT2D eigenvalue weighted by Gasteiger charge is -2.11. The van der Waals surface area contributed by atoms with Gasteiger partial charge in [-0.2, -0.15) is 0 Å². The molecule has 4 nitrogen and oxygen atoms in total. The molecule has 0 amide bonds. The van der Waals surface area contributed by atoms with E-state index in [1.807, 2.05) is 13.0 Å². The minimum atomic E-state index is -0.123. The van der Waals surface area contributed by atoms with Gasteiger partial charge >= 0.3 is 0 Å². The third-order valence-electron chi connectivity index (χ3n) is 1.72. The van der Waals surface area contributed by atoms with Crippen LogP contribution in [0.5, 0.6) is 0 Å². The standard InChI is InChI=1S/C7H8N4/c1-4-5(8)2-6-7(11-4)10-3-9-6/h2-3,7H,8H2,1H3/t7-/m1/s1. The number of hydrogen-bond donors (Lipinski definition) is 1. The molecule has 0 aromatic heterocycles. The highest BCUT2D eigenvalue weighted by Gasteiger charge is 2.19. The van der Waals surface area contributed by atoms with Crippen LogP contribution in [-0.4, -0.2) is 23.9 Å². The summed E-state index contributed by atoms with van der Waals surface area (Å²) in [5.74, 6) is 0. The number of fused-ring (bicyclic) bond motifs is 1. The zero-order chi connectivity index (χ0) is 7.84. The molecule has 4 heteroatoms. The SMILES string of the molecule is CC1=N[C@H]2N=CN=C2C=C1N. The average molecular weight is 148 g/mol. The Morgan fingerprint density at radius 2 is 2.36 bits per heavy atom. The number of hydrogen-bond acceptors (Lipinski definition) is 4. The van der Waals surface area contributed by atoms with Crippen molar-refractivity contribution in [1.29, 1.82) is 0 Å². The quantitative estimate of drug-likeness (QED) is 0.520. The first-order valence-electron chi connectivity index (χ1n) is 3.38. The summed E-state index contributed by atoms with van der Waals surface area (Å²) >= 11 is 0. The molecule has 2 rings (SSSR count). The van der Waals surface area contributed by atoms with Gasteiger partial charge in [-0.1, -0.05) is 0 Å². The van der Waals surface area contributed by atoms with E-state index in [-0.39, 0.29) is 6.17 Å². The van der Waals surface area contributed by atoms with E-state index in [0.29, 0.717) is 5.70 Å². The molecule has 0 aliphatic carbocycles. The van der Waals surface area contributed by atoms with Crippen LogP contribution < -0.4 is 5.73 Å². The monoisotopic (exact) mass is 148 g/mol. The molecular formula is C7H8N4. The number of rotatable bonds is 0. The van der Waals surface area contributed by atoms with Crippen LogP contribution in [-0.2, 0) is 0 Å². The fourth-order valence-corrected chi connectivity index (χ4v) is 1.04. The molecule has 2 heterocycles. The van der Waals surface area contributed by atoms with Gasteiger partial charge in [0.05, 0.1) is 17.1 Å². The summed E-state index contributed by atoms with van der Waals surface area (Å²) in [5, 5.41) is 0. The normalized spacial score (nSPS) is 27.4. The van der Waals surface area contributed by atoms with E-state index in [0.717, 1.165) is 11.4 Å². The van der Waals surface area contributed by atoms with Gasteiger partial charge in [0.15, 0.2) is 6.17 Å². The number of nitrogens with two attached hydrogens (primary N) is 1. The number of aliphatic imine (C=N–C) groups is 3. The molecule has 2 aliphatic heterocycles. The molecule has 0 aromatic rings. The van der Waals surface area contributed by atoms with Crippen molar-refractivity contribution in [3.05, 3.63) is 11.8 Å². The first kappa shape index (κ1) is 6.27. The van der Waals surface area contributed by atoms with Crippen molar-refractivity contribution in [2.45, 2.75) is 13.1 Å². The van der Waals surface area contributed by atoms with Crippen molar-refractivity contribution >= 4 is 17.8 Å². The van der Waals surface area contributed by atoms with Crippen molar-refractivity contribution in [1.82, 2.24) is 0 Å². The minimum Gasteiger partial charge on any atom is -0.397 e. The van der Waals surface area contributed by atoms with E-state index in [1.165, 1.54) is 6.34 Å². The predicted molar refractivity (Wildman–Crippen MR) is 45.1 cm³/mol. The maximum Gasteiger partial charge on any atom is 0.184 e. The fraction of sp³-hybridized carbons (Fsp3) is 0.286. The largest absolute Gasteiger partial charge is 0.397 e. The highest BCUT2D eigenvalue weighted by atomic mass is 15.1. The van der Waals surface area contributed by atoms with E-state index < -0.39 is 0 Å². The van der Waals surface area contributed by atoms with Gasteiger partial charge in [0.25, 0.3) is 0 Å². The lowest BCUT2D eigenvalue weighted by molar-refractivity contribution is 0.939. The van der Waals surface area contributed by atoms with E-state index in [1.54, 1.807) is 0 Å². The van der Waals surface area contributed by atoms with Crippen molar-refractivity contribution < 1.29 is 0 Å². The Kier molecular flexibility index (Phi) is 1.15. The summed E-state index contributed by atoms with van der Waals surface area (Å²) in [7, 11) is 0. The number of nitrogens with zero attached hydrogens (tertiary/aromatic N) is 3. The van der Waals surface area contributed by atoms with Gasteiger partial charge in [0.2, 0.25) is 0 Å². The van der Waals surface area contributed by atoms with E-state index in [2.05, 4.69) is 15.0 Å². The fourth-order valence-electron chi connectivity index (χ4n) is 1.04. The van der Waals surface area contributed by atoms with Gasteiger partial charge in [-0.25, -0.2) is 9.98 Å². The maximum atomic E-state index is 5.63. The second-order valence-corrected chi connectivity index (χ2v) is 2.51. The highest BCUT2D eigenvalue weighted by Crippen LogP contribution is 2.12. The molecule has 0 bridgehead atoms. The van der Waals surface area contributed by atoms with Crippen LogP contribution in [0, 0.1) is 0 Å². The van der Waals surface area contributed by atoms with Gasteiger partial charge in [-0.15, -0.1) is 0 Å². The molecule has 0 aromatic carbocycles. The zero-order valence-corrected chi connectivity index (χ0v) is 6.15. The second kappa shape index (κ2) is 2.02. The van der Waals surface area contributed by atoms with Gasteiger partial charge in [0, 0.05) is 0 Å². The first-order valence-corrected chi connectivity index (χ1v) is 3.38. The molecule has 11 heavy (non-hydrogen) atoms. The number of dihydropyridines is 1. The molecule has 1 atom stereocenters. The molecule has 2 aliphatic rings. The molecule has 0 unspecified atom stereocenters. The maximum absolute atomic E-state index is 5.63. The van der Waals surface area contributed by atoms with Crippen molar-refractivity contribution in [2.24, 2.45) is 20.7 Å². The van der Waals surface area contributed by atoms with Crippen molar-refractivity contribution in [3.8, 4) is 0 Å². The van der Waals surface area contributed by atoms with Crippen molar-refractivity contribution in [2.75, 3.05) is 0 Å². The average Bonchev–Trinajstić information content (AvgIpc) is 2.36. The summed E-state index contributed by atoms with van der Waals surface area (Å²) in [6.45, 7) is 1.87. The third kappa shape index (κ3) is 0.869. The lowest BCUT2D eigenvalue weighted by Crippen LogP contribution is -2.23. The topological polar surface area (TPSA) is 63.1 Å². The molecular weight excluding hydrogens is 140 g/mol. The zero-order valence-electron chi connectivity index (χ0n) is 6.15. The smallest absolute Gasteiger partial charge is 0.184 e. The predicted octanol–water partition coefficient (Wildman–Crippen LogP) is 0.113. The third-order valence-corrected chi connectivity index (χ3v) is 1.72. The summed E-state index contributed by atoms with van der Waals surface area (Å²) in [5.41, 5.74) is 8.00. The van der Waals surface area contributed by atoms with Crippen LogP contribution in [0.2, 0.25) is 0 Å². The molecule has 0 spiro atoms. The van der Waals surface area contributed by atoms with Gasteiger partial charge in [-0.3, -0.25) is 4.99 Å².